The van der Waals surface area contributed by atoms with Crippen molar-refractivity contribution in [1.82, 2.24) is 5.32 Å². The van der Waals surface area contributed by atoms with Gasteiger partial charge in [0, 0.05) is 5.54 Å². The van der Waals surface area contributed by atoms with Crippen molar-refractivity contribution in [1.29, 1.82) is 0 Å². The Morgan fingerprint density at radius 2 is 2.22 bits per heavy atom. The Kier molecular flexibility index (Phi) is 9.48. The van der Waals surface area contributed by atoms with Gasteiger partial charge in [-0.05, 0) is 32.6 Å². The first-order chi connectivity index (χ1) is 10.6. The van der Waals surface area contributed by atoms with Crippen LogP contribution in [0.3, 0.4) is 0 Å². The topological polar surface area (TPSA) is 77.2 Å². The molecule has 0 aliphatic carbocycles. The molecule has 23 heavy (non-hydrogen) atoms. The largest absolute Gasteiger partial charge is 0.388 e. The van der Waals surface area contributed by atoms with Crippen LogP contribution in [0.25, 0.3) is 0 Å². The van der Waals surface area contributed by atoms with Crippen LogP contribution in [0.2, 0.25) is 0 Å². The van der Waals surface area contributed by atoms with Crippen molar-refractivity contribution in [3.63, 3.8) is 0 Å². The molecule has 3 atom stereocenters. The highest BCUT2D eigenvalue weighted by Gasteiger charge is 2.33. The van der Waals surface area contributed by atoms with E-state index < -0.39 is 13.1 Å². The fourth-order valence-electron chi connectivity index (χ4n) is 2.49. The summed E-state index contributed by atoms with van der Waals surface area (Å²) in [5.74, 6) is 0.554. The number of carbonyl (C=O) groups is 1. The molecule has 1 aliphatic heterocycles. The number of carbonyl (C=O) groups excluding carboxylic acids is 1. The van der Waals surface area contributed by atoms with Crippen LogP contribution >= 0.6 is 41.4 Å². The lowest BCUT2D eigenvalue weighted by Crippen LogP contribution is -2.45. The van der Waals surface area contributed by atoms with Gasteiger partial charge in [0.05, 0.1) is 6.61 Å². The molecule has 0 saturated carbocycles. The van der Waals surface area contributed by atoms with Gasteiger partial charge in [-0.25, -0.2) is 4.57 Å². The second kappa shape index (κ2) is 10.0. The molecule has 0 aromatic heterocycles. The first kappa shape index (κ1) is 21.8. The molecule has 0 bridgehead atoms. The Morgan fingerprint density at radius 1 is 1.57 bits per heavy atom. The Hall–Kier alpha value is 0.725. The van der Waals surface area contributed by atoms with Gasteiger partial charge >= 0.3 is 11.9 Å². The third kappa shape index (κ3) is 11.0. The number of ether oxygens (including phenoxy) is 1. The van der Waals surface area contributed by atoms with E-state index in [4.69, 9.17) is 13.8 Å². The molecule has 1 aliphatic rings. The fraction of sp³-hybridized carbons (Fsp3) is 0.923. The molecule has 0 radical (unpaired) electrons. The van der Waals surface area contributed by atoms with E-state index in [0.717, 1.165) is 25.7 Å². The molecule has 1 saturated heterocycles. The van der Waals surface area contributed by atoms with Gasteiger partial charge in [-0.15, -0.1) is 22.4 Å². The zero-order valence-electron chi connectivity index (χ0n) is 13.9. The molecular weight excluding hydrogens is 451 g/mol. The summed E-state index contributed by atoms with van der Waals surface area (Å²) >= 11 is 5.96. The van der Waals surface area contributed by atoms with E-state index in [1.807, 2.05) is 13.8 Å². The monoisotopic (exact) mass is 477 g/mol. The van der Waals surface area contributed by atoms with Gasteiger partial charge in [0.2, 0.25) is 0 Å². The van der Waals surface area contributed by atoms with Crippen LogP contribution in [-0.4, -0.2) is 36.0 Å². The third-order valence-corrected chi connectivity index (χ3v) is 5.69. The number of thiol groups is 1. The maximum absolute atomic E-state index is 11.8. The van der Waals surface area contributed by atoms with Gasteiger partial charge in [0.25, 0.3) is 0 Å². The van der Waals surface area contributed by atoms with E-state index in [1.54, 1.807) is 0 Å². The van der Waals surface area contributed by atoms with Crippen molar-refractivity contribution in [2.24, 2.45) is 5.92 Å². The first-order valence-corrected chi connectivity index (χ1v) is 12.0. The van der Waals surface area contributed by atoms with Gasteiger partial charge in [-0.1, -0.05) is 32.0 Å². The van der Waals surface area contributed by atoms with E-state index in [0.29, 0.717) is 24.3 Å². The highest BCUT2D eigenvalue weighted by atomic mass is 127. The molecular formula is C13H26BINO5PS. The van der Waals surface area contributed by atoms with Crippen molar-refractivity contribution in [3.8, 4) is 0 Å². The summed E-state index contributed by atoms with van der Waals surface area (Å²) < 4.78 is 26.8. The number of hydrogen-bond acceptors (Lipinski definition) is 5. The number of amides is 1. The molecule has 1 amide bonds. The number of hydrogen-bond donors (Lipinski definition) is 2. The van der Waals surface area contributed by atoms with E-state index in [-0.39, 0.29) is 11.3 Å². The number of halogens is 1. The van der Waals surface area contributed by atoms with Crippen molar-refractivity contribution in [3.05, 3.63) is 0 Å². The molecule has 3 unspecified atom stereocenters. The smallest absolute Gasteiger partial charge is 0.359 e. The molecule has 1 N–H and O–H groups in total. The summed E-state index contributed by atoms with van der Waals surface area (Å²) in [5, 5.41) is 3.51. The molecule has 0 spiro atoms. The van der Waals surface area contributed by atoms with Crippen molar-refractivity contribution in [2.75, 3.05) is 13.2 Å². The SMILES string of the molecule is CC(CCCCOP(=O)(S)OC1CO1)CC(C)(C)NC(=O)BI. The summed E-state index contributed by atoms with van der Waals surface area (Å²) in [7, 11) is 0. The molecule has 134 valence electrons. The van der Waals surface area contributed by atoms with Crippen LogP contribution in [0, 0.1) is 5.92 Å². The lowest BCUT2D eigenvalue weighted by molar-refractivity contribution is 0.145. The van der Waals surface area contributed by atoms with E-state index in [1.165, 1.54) is 0 Å². The zero-order chi connectivity index (χ0) is 17.5. The summed E-state index contributed by atoms with van der Waals surface area (Å²) in [4.78, 5) is 11.5. The van der Waals surface area contributed by atoms with Gasteiger partial charge in [-0.2, -0.15) is 0 Å². The van der Waals surface area contributed by atoms with Gasteiger partial charge < -0.3 is 14.6 Å². The Bertz CT molecular complexity index is 439. The zero-order valence-corrected chi connectivity index (χ0v) is 17.9. The average molecular weight is 477 g/mol. The number of unbranched alkanes of at least 4 members (excludes halogenated alkanes) is 1. The minimum Gasteiger partial charge on any atom is -0.359 e. The quantitative estimate of drug-likeness (QED) is 0.112. The van der Waals surface area contributed by atoms with Crippen LogP contribution in [0.5, 0.6) is 0 Å². The fourth-order valence-corrected chi connectivity index (χ4v) is 4.08. The summed E-state index contributed by atoms with van der Waals surface area (Å²) in [6.07, 6.45) is 3.29. The predicted molar refractivity (Wildman–Crippen MR) is 105 cm³/mol. The van der Waals surface area contributed by atoms with Crippen LogP contribution in [-0.2, 0) is 18.3 Å². The van der Waals surface area contributed by atoms with Crippen molar-refractivity contribution < 1.29 is 23.1 Å². The highest BCUT2D eigenvalue weighted by molar-refractivity contribution is 14.1. The van der Waals surface area contributed by atoms with E-state index in [2.05, 4.69) is 46.9 Å². The van der Waals surface area contributed by atoms with Gasteiger partial charge in [-0.3, -0.25) is 9.32 Å². The standard InChI is InChI=1S/C13H26BINO5PS/c1-10(8-13(2,3)16-12(17)14-15)6-4-5-7-20-22(18,23)21-11-9-19-11/h10-11,14H,4-9H2,1-3H3,(H,16,17)(H,18,23). The highest BCUT2D eigenvalue weighted by Crippen LogP contribution is 2.55. The Morgan fingerprint density at radius 3 is 2.78 bits per heavy atom. The van der Waals surface area contributed by atoms with Crippen molar-refractivity contribution >= 4 is 52.4 Å². The minimum atomic E-state index is -3.28. The Balaban J connectivity index is 2.12. The summed E-state index contributed by atoms with van der Waals surface area (Å²) in [6.45, 7) is 3.80. The second-order valence-electron chi connectivity index (χ2n) is 6.54. The average Bonchev–Trinajstić information content (AvgIpc) is 3.19. The third-order valence-electron chi connectivity index (χ3n) is 3.36. The molecule has 1 rings (SSSR count). The van der Waals surface area contributed by atoms with Crippen molar-refractivity contribution in [2.45, 2.75) is 58.3 Å². The molecule has 1 fully saturated rings. The normalized spacial score (nSPS) is 21.3. The van der Waals surface area contributed by atoms with Crippen LogP contribution in [0.15, 0.2) is 0 Å². The molecule has 10 heteroatoms. The van der Waals surface area contributed by atoms with Gasteiger partial charge in [0.1, 0.15) is 6.61 Å². The van der Waals surface area contributed by atoms with E-state index >= 15 is 0 Å². The minimum absolute atomic E-state index is 0.0698. The Labute approximate surface area is 158 Å². The first-order valence-electron chi connectivity index (χ1n) is 7.78. The molecule has 0 aromatic carbocycles. The number of nitrogens with one attached hydrogen (secondary N) is 1. The number of epoxide rings is 1. The maximum Gasteiger partial charge on any atom is 0.388 e. The van der Waals surface area contributed by atoms with Crippen LogP contribution in [0.1, 0.15) is 46.5 Å². The molecule has 6 nitrogen and oxygen atoms in total. The van der Waals surface area contributed by atoms with Gasteiger partial charge in [0.15, 0.2) is 12.1 Å². The maximum atomic E-state index is 11.8. The molecule has 1 heterocycles. The number of rotatable bonds is 12. The predicted octanol–water partition coefficient (Wildman–Crippen LogP) is 3.89. The lowest BCUT2D eigenvalue weighted by Gasteiger charge is -2.29. The van der Waals surface area contributed by atoms with E-state index in [9.17, 15) is 9.36 Å². The van der Waals surface area contributed by atoms with Crippen LogP contribution in [0.4, 0.5) is 4.79 Å². The summed E-state index contributed by atoms with van der Waals surface area (Å²) in [6, 6.07) is 0. The second-order valence-corrected chi connectivity index (χ2v) is 10.2. The summed E-state index contributed by atoms with van der Waals surface area (Å²) in [5.41, 5.74) is -0.197. The lowest BCUT2D eigenvalue weighted by atomic mass is 9.87. The molecule has 0 aromatic rings. The van der Waals surface area contributed by atoms with Crippen LogP contribution < -0.4 is 5.32 Å².